The van der Waals surface area contributed by atoms with E-state index >= 15 is 0 Å². The van der Waals surface area contributed by atoms with E-state index in [2.05, 4.69) is 31.9 Å². The van der Waals surface area contributed by atoms with Gasteiger partial charge in [-0.25, -0.2) is 0 Å². The molecule has 6 atom stereocenters. The summed E-state index contributed by atoms with van der Waals surface area (Å²) >= 11 is 0. The SMILES string of the molecule is C.CCCCC(NC(=O)C(CC(C)C)NC(=O)C(NC(=O)C(Cc1ccccc1C)NC(=O)C(CCC(=O)O)NC(=O)C(CO)NC(C)=O)C(C)(C)C)C(=O)C(N)=O. The molecule has 18 nitrogen and oxygen atoms in total. The Balaban J connectivity index is 0.0000325. The topological polar surface area (TPSA) is 292 Å². The number of aryl methyl sites for hydroxylation is 1. The van der Waals surface area contributed by atoms with Gasteiger partial charge in [0.25, 0.3) is 5.91 Å². The van der Waals surface area contributed by atoms with E-state index in [0.29, 0.717) is 18.4 Å². The lowest BCUT2D eigenvalue weighted by Crippen LogP contribution is -2.62. The normalized spacial score (nSPS) is 14.2. The van der Waals surface area contributed by atoms with Gasteiger partial charge < -0.3 is 47.8 Å². The molecule has 0 aliphatic heterocycles. The number of rotatable bonds is 24. The van der Waals surface area contributed by atoms with Gasteiger partial charge in [-0.05, 0) is 48.6 Å². The smallest absolute Gasteiger partial charge is 0.303 e. The molecule has 0 spiro atoms. The molecule has 0 saturated carbocycles. The fourth-order valence-corrected chi connectivity index (χ4v) is 5.79. The highest BCUT2D eigenvalue weighted by molar-refractivity contribution is 6.37. The first-order chi connectivity index (χ1) is 26.5. The van der Waals surface area contributed by atoms with Crippen LogP contribution in [0.3, 0.4) is 0 Å². The Bertz CT molecular complexity index is 1610. The summed E-state index contributed by atoms with van der Waals surface area (Å²) in [4.78, 5) is 116. The van der Waals surface area contributed by atoms with Crippen molar-refractivity contribution in [1.29, 1.82) is 0 Å². The second kappa shape index (κ2) is 25.1. The molecule has 1 aromatic carbocycles. The van der Waals surface area contributed by atoms with Crippen molar-refractivity contribution < 1.29 is 53.4 Å². The number of primary amides is 1. The van der Waals surface area contributed by atoms with Gasteiger partial charge in [0.2, 0.25) is 41.2 Å². The Morgan fingerprint density at radius 1 is 0.724 bits per heavy atom. The fraction of sp³-hybridized carbons (Fsp3) is 0.625. The summed E-state index contributed by atoms with van der Waals surface area (Å²) in [6.07, 6.45) is 0.380. The van der Waals surface area contributed by atoms with E-state index in [9.17, 15) is 53.4 Å². The molecule has 58 heavy (non-hydrogen) atoms. The maximum atomic E-state index is 14.2. The monoisotopic (exact) mass is 819 g/mol. The molecule has 0 aromatic heterocycles. The van der Waals surface area contributed by atoms with Crippen molar-refractivity contribution in [2.75, 3.05) is 6.61 Å². The number of benzene rings is 1. The summed E-state index contributed by atoms with van der Waals surface area (Å²) in [5.41, 5.74) is 5.65. The highest BCUT2D eigenvalue weighted by Gasteiger charge is 2.38. The number of amides is 7. The van der Waals surface area contributed by atoms with Crippen LogP contribution in [0.5, 0.6) is 0 Å². The molecule has 0 bridgehead atoms. The van der Waals surface area contributed by atoms with Gasteiger partial charge in [-0.15, -0.1) is 0 Å². The van der Waals surface area contributed by atoms with Crippen molar-refractivity contribution in [1.82, 2.24) is 31.9 Å². The number of ketones is 1. The van der Waals surface area contributed by atoms with Crippen LogP contribution in [0.2, 0.25) is 0 Å². The average Bonchev–Trinajstić information content (AvgIpc) is 3.11. The number of unbranched alkanes of at least 4 members (excludes halogenated alkanes) is 1. The number of carbonyl (C=O) groups is 9. The van der Waals surface area contributed by atoms with E-state index in [4.69, 9.17) is 5.73 Å². The molecule has 0 heterocycles. The lowest BCUT2D eigenvalue weighted by molar-refractivity contribution is -0.139. The lowest BCUT2D eigenvalue weighted by atomic mass is 9.85. The van der Waals surface area contributed by atoms with Crippen molar-refractivity contribution in [2.45, 2.75) is 144 Å². The van der Waals surface area contributed by atoms with E-state index in [1.54, 1.807) is 52.0 Å². The molecule has 0 fully saturated rings. The van der Waals surface area contributed by atoms with Crippen molar-refractivity contribution in [3.63, 3.8) is 0 Å². The highest BCUT2D eigenvalue weighted by atomic mass is 16.4. The Labute approximate surface area is 341 Å². The zero-order valence-electron chi connectivity index (χ0n) is 34.2. The van der Waals surface area contributed by atoms with Gasteiger partial charge in [0, 0.05) is 19.8 Å². The van der Waals surface area contributed by atoms with Crippen molar-refractivity contribution in [3.05, 3.63) is 35.4 Å². The maximum absolute atomic E-state index is 14.2. The summed E-state index contributed by atoms with van der Waals surface area (Å²) in [7, 11) is 0. The number of carboxylic acids is 1. The molecule has 1 rings (SSSR count). The third kappa shape index (κ3) is 18.3. The van der Waals surface area contributed by atoms with Gasteiger partial charge in [-0.1, -0.05) is 86.1 Å². The van der Waals surface area contributed by atoms with Crippen LogP contribution in [0.15, 0.2) is 24.3 Å². The van der Waals surface area contributed by atoms with Gasteiger partial charge >= 0.3 is 5.97 Å². The Morgan fingerprint density at radius 2 is 1.24 bits per heavy atom. The van der Waals surface area contributed by atoms with E-state index in [1.165, 1.54) is 0 Å². The molecule has 0 aliphatic carbocycles. The zero-order chi connectivity index (χ0) is 43.6. The molecule has 326 valence electrons. The number of hydrogen-bond acceptors (Lipinski definition) is 10. The number of nitrogens with two attached hydrogens (primary N) is 1. The quantitative estimate of drug-likeness (QED) is 0.0639. The van der Waals surface area contributed by atoms with Crippen LogP contribution >= 0.6 is 0 Å². The van der Waals surface area contributed by atoms with Gasteiger partial charge in [0.15, 0.2) is 0 Å². The number of nitrogens with one attached hydrogen (secondary N) is 6. The summed E-state index contributed by atoms with van der Waals surface area (Å²) in [5, 5.41) is 34.1. The van der Waals surface area contributed by atoms with Crippen LogP contribution in [-0.4, -0.2) is 106 Å². The first kappa shape index (κ1) is 52.6. The molecule has 1 aromatic rings. The number of Topliss-reactive ketones (excluding diaryl/α,β-unsaturated/α-hetero) is 1. The molecular formula is C40H65N7O11. The van der Waals surface area contributed by atoms with Crippen molar-refractivity contribution in [3.8, 4) is 0 Å². The van der Waals surface area contributed by atoms with Gasteiger partial charge in [0.1, 0.15) is 30.2 Å². The molecule has 7 amide bonds. The third-order valence-electron chi connectivity index (χ3n) is 8.95. The largest absolute Gasteiger partial charge is 0.481 e. The molecule has 0 aliphatic rings. The minimum Gasteiger partial charge on any atom is -0.481 e. The maximum Gasteiger partial charge on any atom is 0.303 e. The summed E-state index contributed by atoms with van der Waals surface area (Å²) in [6.45, 7) is 12.6. The van der Waals surface area contributed by atoms with E-state index in [0.717, 1.165) is 12.5 Å². The zero-order valence-corrected chi connectivity index (χ0v) is 34.2. The number of hydrogen-bond donors (Lipinski definition) is 9. The predicted molar refractivity (Wildman–Crippen MR) is 215 cm³/mol. The minimum absolute atomic E-state index is 0. The van der Waals surface area contributed by atoms with Crippen LogP contribution < -0.4 is 37.6 Å². The third-order valence-corrected chi connectivity index (χ3v) is 8.95. The number of carbonyl (C=O) groups excluding carboxylic acids is 8. The number of aliphatic carboxylic acids is 1. The second-order valence-electron chi connectivity index (χ2n) is 15.6. The minimum atomic E-state index is -1.52. The Hall–Kier alpha value is -5.39. The Kier molecular flexibility index (Phi) is 22.7. The second-order valence-corrected chi connectivity index (χ2v) is 15.6. The first-order valence-corrected chi connectivity index (χ1v) is 19.0. The van der Waals surface area contributed by atoms with Crippen molar-refractivity contribution in [2.24, 2.45) is 17.1 Å². The highest BCUT2D eigenvalue weighted by Crippen LogP contribution is 2.21. The molecule has 10 N–H and O–H groups in total. The number of carboxylic acid groups (broad SMARTS) is 1. The lowest BCUT2D eigenvalue weighted by Gasteiger charge is -2.34. The van der Waals surface area contributed by atoms with Crippen LogP contribution in [0.4, 0.5) is 0 Å². The molecule has 6 unspecified atom stereocenters. The number of aliphatic hydroxyl groups is 1. The molecule has 0 saturated heterocycles. The summed E-state index contributed by atoms with van der Waals surface area (Å²) < 4.78 is 0. The van der Waals surface area contributed by atoms with Crippen LogP contribution in [0, 0.1) is 18.3 Å². The average molecular weight is 820 g/mol. The Morgan fingerprint density at radius 3 is 1.74 bits per heavy atom. The fourth-order valence-electron chi connectivity index (χ4n) is 5.79. The summed E-state index contributed by atoms with van der Waals surface area (Å²) in [5.74, 6) is -8.48. The van der Waals surface area contributed by atoms with Crippen LogP contribution in [-0.2, 0) is 49.6 Å². The predicted octanol–water partition coefficient (Wildman–Crippen LogP) is 0.296. The van der Waals surface area contributed by atoms with Crippen molar-refractivity contribution >= 4 is 53.1 Å². The van der Waals surface area contributed by atoms with Crippen LogP contribution in [0.25, 0.3) is 0 Å². The van der Waals surface area contributed by atoms with E-state index in [1.807, 2.05) is 20.8 Å². The number of aliphatic hydroxyl groups excluding tert-OH is 1. The van der Waals surface area contributed by atoms with E-state index < -0.39 is 114 Å². The standard InChI is InChI=1S/C39H61N7O11.CH4/c1-9-10-15-25(31(51)33(40)52)42-35(54)27(18-21(2)3)45-38(57)32(39(6,7)8)46-36(55)28(19-24-14-12-11-13-22(24)4)44-34(53)26(16-17-30(49)50)43-37(56)29(20-47)41-23(5)48;/h11-14,21,25-29,32,47H,9-10,15-20H2,1-8H3,(H2,40,52)(H,41,48)(H,42,54)(H,43,56)(H,44,53)(H,45,57)(H,46,55)(H,49,50);1H4. The molecular weight excluding hydrogens is 754 g/mol. The van der Waals surface area contributed by atoms with Crippen LogP contribution in [0.1, 0.15) is 106 Å². The summed E-state index contributed by atoms with van der Waals surface area (Å²) in [6, 6.07) is -1.05. The van der Waals surface area contributed by atoms with Gasteiger partial charge in [-0.2, -0.15) is 0 Å². The molecule has 0 radical (unpaired) electrons. The van der Waals surface area contributed by atoms with Gasteiger partial charge in [0.05, 0.1) is 12.6 Å². The van der Waals surface area contributed by atoms with Gasteiger partial charge in [-0.3, -0.25) is 43.2 Å². The van der Waals surface area contributed by atoms with E-state index in [-0.39, 0.29) is 32.6 Å². The molecule has 18 heteroatoms. The first-order valence-electron chi connectivity index (χ1n) is 19.0.